The van der Waals surface area contributed by atoms with Crippen LogP contribution in [0, 0.1) is 0 Å². The van der Waals surface area contributed by atoms with Crippen molar-refractivity contribution in [3.63, 3.8) is 0 Å². The molecule has 5 nitrogen and oxygen atoms in total. The number of H-pyrrole nitrogens is 1. The molecule has 0 saturated heterocycles. The summed E-state index contributed by atoms with van der Waals surface area (Å²) in [5.41, 5.74) is 0. The maximum Gasteiger partial charge on any atom is 0.162 e. The van der Waals surface area contributed by atoms with E-state index in [1.807, 2.05) is 0 Å². The smallest absolute Gasteiger partial charge is 0.162 e. The lowest BCUT2D eigenvalue weighted by Gasteiger charge is -2.07. The first-order chi connectivity index (χ1) is 5.33. The fourth-order valence-electron chi connectivity index (χ4n) is 0.669. The van der Waals surface area contributed by atoms with E-state index in [4.69, 9.17) is 0 Å². The molecule has 2 N–H and O–H groups in total. The standard InChI is InChI=1S/C6H13N5/c1-3-5(2)7-4-6-8-10-11-9-6/h5,7H,3-4H2,1-2H3,(H,8,9,10,11). The molecular formula is C6H13N5. The molecule has 0 amide bonds. The Kier molecular flexibility index (Phi) is 2.97. The molecule has 0 saturated carbocycles. The number of hydrogen-bond acceptors (Lipinski definition) is 4. The van der Waals surface area contributed by atoms with Crippen LogP contribution in [-0.4, -0.2) is 26.7 Å². The Morgan fingerprint density at radius 2 is 2.45 bits per heavy atom. The largest absolute Gasteiger partial charge is 0.307 e. The first kappa shape index (κ1) is 8.13. The van der Waals surface area contributed by atoms with Crippen LogP contribution in [0.3, 0.4) is 0 Å². The zero-order chi connectivity index (χ0) is 8.10. The summed E-state index contributed by atoms with van der Waals surface area (Å²) in [6.07, 6.45) is 1.11. The first-order valence-corrected chi connectivity index (χ1v) is 3.79. The van der Waals surface area contributed by atoms with E-state index in [1.165, 1.54) is 0 Å². The molecule has 62 valence electrons. The third kappa shape index (κ3) is 2.63. The second kappa shape index (κ2) is 4.02. The Morgan fingerprint density at radius 3 is 3.00 bits per heavy atom. The Morgan fingerprint density at radius 1 is 1.64 bits per heavy atom. The average molecular weight is 155 g/mol. The van der Waals surface area contributed by atoms with Gasteiger partial charge in [-0.3, -0.25) is 0 Å². The molecule has 1 heterocycles. The molecule has 0 aliphatic carbocycles. The second-order valence-electron chi connectivity index (χ2n) is 2.54. The number of aromatic nitrogens is 4. The Balaban J connectivity index is 2.23. The first-order valence-electron chi connectivity index (χ1n) is 3.79. The minimum absolute atomic E-state index is 0.514. The maximum atomic E-state index is 3.74. The van der Waals surface area contributed by atoms with Crippen molar-refractivity contribution < 1.29 is 0 Å². The highest BCUT2D eigenvalue weighted by molar-refractivity contribution is 4.75. The van der Waals surface area contributed by atoms with E-state index in [2.05, 4.69) is 39.8 Å². The Bertz CT molecular complexity index is 183. The fraction of sp³-hybridized carbons (Fsp3) is 0.833. The van der Waals surface area contributed by atoms with Crippen LogP contribution in [0.1, 0.15) is 26.1 Å². The van der Waals surface area contributed by atoms with Gasteiger partial charge in [0.05, 0.1) is 6.54 Å². The number of rotatable bonds is 4. The normalized spacial score (nSPS) is 13.3. The van der Waals surface area contributed by atoms with Gasteiger partial charge in [0.1, 0.15) is 0 Å². The molecule has 11 heavy (non-hydrogen) atoms. The quantitative estimate of drug-likeness (QED) is 0.646. The van der Waals surface area contributed by atoms with Crippen molar-refractivity contribution in [2.75, 3.05) is 0 Å². The average Bonchev–Trinajstić information content (AvgIpc) is 2.52. The lowest BCUT2D eigenvalue weighted by Crippen LogP contribution is -2.24. The molecule has 1 rings (SSSR count). The topological polar surface area (TPSA) is 66.5 Å². The highest BCUT2D eigenvalue weighted by Crippen LogP contribution is 1.89. The van der Waals surface area contributed by atoms with Crippen molar-refractivity contribution in [2.24, 2.45) is 0 Å². The molecule has 0 radical (unpaired) electrons. The molecule has 0 aliphatic rings. The SMILES string of the molecule is CCC(C)NCc1nnn[nH]1. The molecule has 5 heteroatoms. The molecule has 0 fully saturated rings. The van der Waals surface area contributed by atoms with E-state index in [0.717, 1.165) is 12.2 Å². The maximum absolute atomic E-state index is 3.74. The molecule has 0 bridgehead atoms. The highest BCUT2D eigenvalue weighted by atomic mass is 15.5. The van der Waals surface area contributed by atoms with Crippen molar-refractivity contribution in [3.05, 3.63) is 5.82 Å². The predicted molar refractivity (Wildman–Crippen MR) is 40.8 cm³/mol. The van der Waals surface area contributed by atoms with Gasteiger partial charge in [0.25, 0.3) is 0 Å². The molecule has 0 aromatic carbocycles. The van der Waals surface area contributed by atoms with Crippen LogP contribution in [0.25, 0.3) is 0 Å². The van der Waals surface area contributed by atoms with Crippen LogP contribution in [0.4, 0.5) is 0 Å². The number of nitrogens with zero attached hydrogens (tertiary/aromatic N) is 3. The van der Waals surface area contributed by atoms with E-state index in [9.17, 15) is 0 Å². The summed E-state index contributed by atoms with van der Waals surface area (Å²) in [6, 6.07) is 0.514. The van der Waals surface area contributed by atoms with Gasteiger partial charge in [0.2, 0.25) is 0 Å². The monoisotopic (exact) mass is 155 g/mol. The third-order valence-corrected chi connectivity index (χ3v) is 1.62. The minimum Gasteiger partial charge on any atom is -0.307 e. The minimum atomic E-state index is 0.514. The van der Waals surface area contributed by atoms with Gasteiger partial charge in [-0.15, -0.1) is 5.10 Å². The van der Waals surface area contributed by atoms with E-state index in [0.29, 0.717) is 12.6 Å². The molecule has 1 aromatic rings. The lowest BCUT2D eigenvalue weighted by atomic mass is 10.2. The van der Waals surface area contributed by atoms with Crippen molar-refractivity contribution in [1.82, 2.24) is 25.9 Å². The van der Waals surface area contributed by atoms with Crippen molar-refractivity contribution >= 4 is 0 Å². The zero-order valence-electron chi connectivity index (χ0n) is 6.83. The van der Waals surface area contributed by atoms with Gasteiger partial charge in [0, 0.05) is 6.04 Å². The summed E-state index contributed by atoms with van der Waals surface area (Å²) in [7, 11) is 0. The van der Waals surface area contributed by atoms with Gasteiger partial charge in [-0.2, -0.15) is 0 Å². The molecular weight excluding hydrogens is 142 g/mol. The molecule has 0 aliphatic heterocycles. The summed E-state index contributed by atoms with van der Waals surface area (Å²) in [5.74, 6) is 0.783. The summed E-state index contributed by atoms with van der Waals surface area (Å²) in [6.45, 7) is 4.97. The molecule has 1 atom stereocenters. The van der Waals surface area contributed by atoms with Crippen LogP contribution in [0.2, 0.25) is 0 Å². The number of hydrogen-bond donors (Lipinski definition) is 2. The Labute approximate surface area is 65.6 Å². The highest BCUT2D eigenvalue weighted by Gasteiger charge is 1.99. The summed E-state index contributed by atoms with van der Waals surface area (Å²) < 4.78 is 0. The van der Waals surface area contributed by atoms with E-state index < -0.39 is 0 Å². The summed E-state index contributed by atoms with van der Waals surface area (Å²) in [4.78, 5) is 0. The number of nitrogens with one attached hydrogen (secondary N) is 2. The van der Waals surface area contributed by atoms with Gasteiger partial charge in [-0.1, -0.05) is 6.92 Å². The lowest BCUT2D eigenvalue weighted by molar-refractivity contribution is 0.523. The zero-order valence-corrected chi connectivity index (χ0v) is 6.83. The molecule has 0 spiro atoms. The van der Waals surface area contributed by atoms with Gasteiger partial charge >= 0.3 is 0 Å². The van der Waals surface area contributed by atoms with Crippen LogP contribution in [-0.2, 0) is 6.54 Å². The van der Waals surface area contributed by atoms with Crippen LogP contribution in [0.5, 0.6) is 0 Å². The third-order valence-electron chi connectivity index (χ3n) is 1.62. The van der Waals surface area contributed by atoms with Gasteiger partial charge in [-0.05, 0) is 23.8 Å². The van der Waals surface area contributed by atoms with Crippen LogP contribution >= 0.6 is 0 Å². The predicted octanol–water partition coefficient (Wildman–Crippen LogP) is 0.0878. The number of tetrazole rings is 1. The molecule has 1 aromatic heterocycles. The molecule has 1 unspecified atom stereocenters. The number of aromatic amines is 1. The fourth-order valence-corrected chi connectivity index (χ4v) is 0.669. The van der Waals surface area contributed by atoms with Crippen molar-refractivity contribution in [1.29, 1.82) is 0 Å². The van der Waals surface area contributed by atoms with Crippen molar-refractivity contribution in [3.8, 4) is 0 Å². The van der Waals surface area contributed by atoms with Crippen LogP contribution < -0.4 is 5.32 Å². The van der Waals surface area contributed by atoms with Crippen LogP contribution in [0.15, 0.2) is 0 Å². The van der Waals surface area contributed by atoms with E-state index >= 15 is 0 Å². The summed E-state index contributed by atoms with van der Waals surface area (Å²) >= 11 is 0. The van der Waals surface area contributed by atoms with Gasteiger partial charge in [-0.25, -0.2) is 5.10 Å². The van der Waals surface area contributed by atoms with Gasteiger partial charge in [0.15, 0.2) is 5.82 Å². The second-order valence-corrected chi connectivity index (χ2v) is 2.54. The van der Waals surface area contributed by atoms with Gasteiger partial charge < -0.3 is 5.32 Å². The Hall–Kier alpha value is -0.970. The summed E-state index contributed by atoms with van der Waals surface area (Å²) in [5, 5.41) is 16.6. The van der Waals surface area contributed by atoms with Crippen molar-refractivity contribution in [2.45, 2.75) is 32.9 Å². The van der Waals surface area contributed by atoms with E-state index in [1.54, 1.807) is 0 Å². The van der Waals surface area contributed by atoms with E-state index in [-0.39, 0.29) is 0 Å².